The summed E-state index contributed by atoms with van der Waals surface area (Å²) < 4.78 is 6.64. The Morgan fingerprint density at radius 3 is 2.75 bits per heavy atom. The Labute approximate surface area is 133 Å². The topological polar surface area (TPSA) is 21.3 Å². The molecule has 0 saturated carbocycles. The second-order valence-electron chi connectivity index (χ2n) is 4.44. The molecule has 20 heavy (non-hydrogen) atoms. The van der Waals surface area contributed by atoms with Crippen LogP contribution >= 0.6 is 27.5 Å². The molecule has 0 unspecified atom stereocenters. The van der Waals surface area contributed by atoms with E-state index in [1.807, 2.05) is 36.4 Å². The van der Waals surface area contributed by atoms with Gasteiger partial charge in [0.25, 0.3) is 0 Å². The summed E-state index contributed by atoms with van der Waals surface area (Å²) in [5.41, 5.74) is 2.13. The fourth-order valence-corrected chi connectivity index (χ4v) is 2.23. The smallest absolute Gasteiger partial charge is 0.124 e. The molecule has 2 aromatic rings. The highest BCUT2D eigenvalue weighted by molar-refractivity contribution is 9.10. The average molecular weight is 355 g/mol. The molecule has 0 aliphatic heterocycles. The molecule has 0 atom stereocenters. The van der Waals surface area contributed by atoms with Crippen molar-refractivity contribution in [2.24, 2.45) is 0 Å². The summed E-state index contributed by atoms with van der Waals surface area (Å²) in [6.45, 7) is 3.55. The van der Waals surface area contributed by atoms with Crippen LogP contribution in [0.2, 0.25) is 5.02 Å². The standard InChI is InChI=1S/C16H17BrClNO/c1-2-9-20-16-6-4-3-5-12(16)11-19-13-7-8-14(17)15(18)10-13/h3-8,10,19H,2,9,11H2,1H3. The van der Waals surface area contributed by atoms with Crippen molar-refractivity contribution in [3.63, 3.8) is 0 Å². The van der Waals surface area contributed by atoms with Crippen LogP contribution in [0.25, 0.3) is 0 Å². The SMILES string of the molecule is CCCOc1ccccc1CNc1ccc(Br)c(Cl)c1. The van der Waals surface area contributed by atoms with E-state index in [9.17, 15) is 0 Å². The van der Waals surface area contributed by atoms with Crippen molar-refractivity contribution in [3.05, 3.63) is 57.5 Å². The Morgan fingerprint density at radius 2 is 2.00 bits per heavy atom. The summed E-state index contributed by atoms with van der Waals surface area (Å²) in [4.78, 5) is 0. The van der Waals surface area contributed by atoms with Gasteiger partial charge in [-0.05, 0) is 46.6 Å². The van der Waals surface area contributed by atoms with Gasteiger partial charge in [0.05, 0.1) is 11.6 Å². The molecular formula is C16H17BrClNO. The van der Waals surface area contributed by atoms with Crippen LogP contribution < -0.4 is 10.1 Å². The summed E-state index contributed by atoms with van der Waals surface area (Å²) in [6, 6.07) is 13.9. The lowest BCUT2D eigenvalue weighted by Crippen LogP contribution is -2.04. The maximum absolute atomic E-state index is 6.08. The van der Waals surface area contributed by atoms with E-state index in [2.05, 4.69) is 34.2 Å². The normalized spacial score (nSPS) is 10.3. The monoisotopic (exact) mass is 353 g/mol. The first kappa shape index (κ1) is 15.2. The number of halogens is 2. The Kier molecular flexibility index (Phi) is 5.74. The van der Waals surface area contributed by atoms with Crippen LogP contribution in [0.4, 0.5) is 5.69 Å². The highest BCUT2D eigenvalue weighted by Gasteiger charge is 2.03. The van der Waals surface area contributed by atoms with Crippen molar-refractivity contribution in [3.8, 4) is 5.75 Å². The Bertz CT molecular complexity index is 574. The van der Waals surface area contributed by atoms with Gasteiger partial charge in [-0.15, -0.1) is 0 Å². The number of anilines is 1. The van der Waals surface area contributed by atoms with Crippen LogP contribution in [0.5, 0.6) is 5.75 Å². The minimum atomic E-state index is 0.700. The largest absolute Gasteiger partial charge is 0.493 e. The van der Waals surface area contributed by atoms with Crippen LogP contribution in [0.1, 0.15) is 18.9 Å². The first-order valence-corrected chi connectivity index (χ1v) is 7.77. The molecule has 1 N–H and O–H groups in total. The van der Waals surface area contributed by atoms with Gasteiger partial charge >= 0.3 is 0 Å². The molecule has 0 amide bonds. The van der Waals surface area contributed by atoms with Crippen molar-refractivity contribution in [1.82, 2.24) is 0 Å². The van der Waals surface area contributed by atoms with E-state index in [1.54, 1.807) is 0 Å². The fourth-order valence-electron chi connectivity index (χ4n) is 1.81. The molecule has 2 nitrogen and oxygen atoms in total. The molecule has 106 valence electrons. The van der Waals surface area contributed by atoms with Crippen molar-refractivity contribution in [1.29, 1.82) is 0 Å². The van der Waals surface area contributed by atoms with Gasteiger partial charge in [0.2, 0.25) is 0 Å². The number of para-hydroxylation sites is 1. The summed E-state index contributed by atoms with van der Waals surface area (Å²) in [5, 5.41) is 4.06. The molecule has 0 radical (unpaired) electrons. The minimum absolute atomic E-state index is 0.700. The van der Waals surface area contributed by atoms with E-state index in [0.717, 1.165) is 34.5 Å². The van der Waals surface area contributed by atoms with Crippen molar-refractivity contribution in [2.75, 3.05) is 11.9 Å². The number of hydrogen-bond acceptors (Lipinski definition) is 2. The highest BCUT2D eigenvalue weighted by atomic mass is 79.9. The summed E-state index contributed by atoms with van der Waals surface area (Å²) in [6.07, 6.45) is 1.00. The molecule has 0 aliphatic carbocycles. The third-order valence-corrected chi connectivity index (χ3v) is 4.07. The minimum Gasteiger partial charge on any atom is -0.493 e. The van der Waals surface area contributed by atoms with Crippen LogP contribution in [0, 0.1) is 0 Å². The van der Waals surface area contributed by atoms with Gasteiger partial charge in [-0.25, -0.2) is 0 Å². The third kappa shape index (κ3) is 4.15. The van der Waals surface area contributed by atoms with Crippen molar-refractivity contribution < 1.29 is 4.74 Å². The van der Waals surface area contributed by atoms with Gasteiger partial charge in [0, 0.05) is 22.3 Å². The first-order valence-electron chi connectivity index (χ1n) is 6.60. The first-order chi connectivity index (χ1) is 9.70. The lowest BCUT2D eigenvalue weighted by atomic mass is 10.2. The Hall–Kier alpha value is -1.19. The summed E-state index contributed by atoms with van der Waals surface area (Å²) in [7, 11) is 0. The lowest BCUT2D eigenvalue weighted by Gasteiger charge is -2.12. The van der Waals surface area contributed by atoms with Crippen LogP contribution in [-0.4, -0.2) is 6.61 Å². The zero-order valence-electron chi connectivity index (χ0n) is 11.3. The Balaban J connectivity index is 2.04. The van der Waals surface area contributed by atoms with E-state index >= 15 is 0 Å². The number of benzene rings is 2. The van der Waals surface area contributed by atoms with E-state index in [0.29, 0.717) is 11.6 Å². The quantitative estimate of drug-likeness (QED) is 0.739. The zero-order chi connectivity index (χ0) is 14.4. The van der Waals surface area contributed by atoms with Crippen LogP contribution in [0.15, 0.2) is 46.9 Å². The molecule has 0 aromatic heterocycles. The van der Waals surface area contributed by atoms with Gasteiger partial charge in [0.1, 0.15) is 5.75 Å². The van der Waals surface area contributed by atoms with Gasteiger partial charge in [-0.3, -0.25) is 0 Å². The van der Waals surface area contributed by atoms with E-state index in [-0.39, 0.29) is 0 Å². The molecule has 0 fully saturated rings. The number of rotatable bonds is 6. The number of nitrogens with one attached hydrogen (secondary N) is 1. The molecular weight excluding hydrogens is 338 g/mol. The van der Waals surface area contributed by atoms with Crippen molar-refractivity contribution in [2.45, 2.75) is 19.9 Å². The predicted octanol–water partition coefficient (Wildman–Crippen LogP) is 5.50. The molecule has 2 aromatic carbocycles. The molecule has 0 saturated heterocycles. The number of hydrogen-bond donors (Lipinski definition) is 1. The molecule has 2 rings (SSSR count). The zero-order valence-corrected chi connectivity index (χ0v) is 13.7. The molecule has 0 spiro atoms. The van der Waals surface area contributed by atoms with Gasteiger partial charge in [-0.2, -0.15) is 0 Å². The second-order valence-corrected chi connectivity index (χ2v) is 5.70. The van der Waals surface area contributed by atoms with Crippen LogP contribution in [0.3, 0.4) is 0 Å². The van der Waals surface area contributed by atoms with Crippen molar-refractivity contribution >= 4 is 33.2 Å². The highest BCUT2D eigenvalue weighted by Crippen LogP contribution is 2.26. The van der Waals surface area contributed by atoms with E-state index < -0.39 is 0 Å². The maximum Gasteiger partial charge on any atom is 0.124 e. The predicted molar refractivity (Wildman–Crippen MR) is 88.7 cm³/mol. The average Bonchev–Trinajstić information content (AvgIpc) is 2.47. The van der Waals surface area contributed by atoms with Gasteiger partial charge < -0.3 is 10.1 Å². The van der Waals surface area contributed by atoms with Crippen LogP contribution in [-0.2, 0) is 6.54 Å². The molecule has 0 bridgehead atoms. The molecule has 0 heterocycles. The summed E-state index contributed by atoms with van der Waals surface area (Å²) in [5.74, 6) is 0.935. The number of ether oxygens (including phenoxy) is 1. The second kappa shape index (κ2) is 7.55. The van der Waals surface area contributed by atoms with Gasteiger partial charge in [0.15, 0.2) is 0 Å². The maximum atomic E-state index is 6.08. The van der Waals surface area contributed by atoms with E-state index in [4.69, 9.17) is 16.3 Å². The fraction of sp³-hybridized carbons (Fsp3) is 0.250. The Morgan fingerprint density at radius 1 is 1.20 bits per heavy atom. The van der Waals surface area contributed by atoms with Gasteiger partial charge in [-0.1, -0.05) is 36.7 Å². The van der Waals surface area contributed by atoms with E-state index in [1.165, 1.54) is 0 Å². The molecule has 0 aliphatic rings. The molecule has 4 heteroatoms. The third-order valence-electron chi connectivity index (χ3n) is 2.84. The lowest BCUT2D eigenvalue weighted by molar-refractivity contribution is 0.314. The summed E-state index contributed by atoms with van der Waals surface area (Å²) >= 11 is 9.47.